The van der Waals surface area contributed by atoms with Gasteiger partial charge in [-0.25, -0.2) is 0 Å². The quantitative estimate of drug-likeness (QED) is 0.248. The maximum atomic E-state index is 8.74. The highest BCUT2D eigenvalue weighted by atomic mass is 32.3. The molecule has 0 heterocycles. The van der Waals surface area contributed by atoms with Crippen molar-refractivity contribution in [1.82, 2.24) is 0 Å². The summed E-state index contributed by atoms with van der Waals surface area (Å²) in [6.07, 6.45) is 2.00. The van der Waals surface area contributed by atoms with E-state index in [-0.39, 0.29) is 12.1 Å². The highest BCUT2D eigenvalue weighted by molar-refractivity contribution is 7.79. The molecule has 0 spiro atoms. The number of benzene rings is 1. The van der Waals surface area contributed by atoms with Crippen LogP contribution in [0.25, 0.3) is 0 Å². The average molecular weight is 333 g/mol. The molecule has 0 aliphatic heterocycles. The molecule has 1 atom stereocenters. The van der Waals surface area contributed by atoms with Gasteiger partial charge in [0.1, 0.15) is 0 Å². The predicted octanol–water partition coefficient (Wildman–Crippen LogP) is 0.645. The van der Waals surface area contributed by atoms with Gasteiger partial charge >= 0.3 is 10.4 Å². The van der Waals surface area contributed by atoms with Crippen LogP contribution in [0.1, 0.15) is 18.9 Å². The maximum absolute atomic E-state index is 8.74. The van der Waals surface area contributed by atoms with Crippen LogP contribution >= 0.6 is 0 Å². The number of aliphatic imine (C=N–C) groups is 1. The highest BCUT2D eigenvalue weighted by Crippen LogP contribution is 2.05. The van der Waals surface area contributed by atoms with Gasteiger partial charge in [-0.15, -0.1) is 0 Å². The summed E-state index contributed by atoms with van der Waals surface area (Å²) in [6.45, 7) is 3.39. The highest BCUT2D eigenvalue weighted by Gasteiger charge is 2.02. The number of ether oxygens (including phenoxy) is 1. The standard InChI is InChI=1S/C13H21N3O.H2O4S/c1-11(10-12-6-3-2-4-7-12)17-9-5-8-16-13(14)15;1-5(2,3)4/h2-4,6-7,11H,5,8-10H2,1H3,(H4,14,15,16);(H2,1,2,3,4). The minimum Gasteiger partial charge on any atom is -0.378 e. The molecule has 9 heteroatoms. The van der Waals surface area contributed by atoms with Crippen LogP contribution in [0, 0.1) is 0 Å². The first-order valence-corrected chi connectivity index (χ1v) is 7.99. The van der Waals surface area contributed by atoms with Gasteiger partial charge in [0.05, 0.1) is 6.10 Å². The first kappa shape index (κ1) is 20.3. The van der Waals surface area contributed by atoms with E-state index in [0.29, 0.717) is 13.2 Å². The normalized spacial score (nSPS) is 12.0. The molecule has 0 aliphatic carbocycles. The number of nitrogens with zero attached hydrogens (tertiary/aromatic N) is 1. The molecule has 0 amide bonds. The second-order valence-corrected chi connectivity index (χ2v) is 5.37. The molecule has 22 heavy (non-hydrogen) atoms. The molecule has 126 valence electrons. The second-order valence-electron chi connectivity index (χ2n) is 4.48. The third-order valence-corrected chi connectivity index (χ3v) is 2.37. The Morgan fingerprint density at radius 3 is 2.32 bits per heavy atom. The zero-order chi connectivity index (χ0) is 17.0. The fourth-order valence-electron chi connectivity index (χ4n) is 1.56. The van der Waals surface area contributed by atoms with Crippen molar-refractivity contribution in [1.29, 1.82) is 0 Å². The van der Waals surface area contributed by atoms with Crippen LogP contribution in [0.5, 0.6) is 0 Å². The van der Waals surface area contributed by atoms with Crippen LogP contribution in [0.4, 0.5) is 0 Å². The van der Waals surface area contributed by atoms with E-state index in [0.717, 1.165) is 12.8 Å². The van der Waals surface area contributed by atoms with E-state index in [4.69, 9.17) is 33.7 Å². The van der Waals surface area contributed by atoms with E-state index in [1.165, 1.54) is 5.56 Å². The molecule has 0 radical (unpaired) electrons. The summed E-state index contributed by atoms with van der Waals surface area (Å²) in [6, 6.07) is 10.3. The lowest BCUT2D eigenvalue weighted by Gasteiger charge is -2.12. The van der Waals surface area contributed by atoms with Gasteiger partial charge in [0.25, 0.3) is 0 Å². The molecule has 1 unspecified atom stereocenters. The first-order chi connectivity index (χ1) is 10.2. The lowest BCUT2D eigenvalue weighted by Crippen LogP contribution is -2.23. The van der Waals surface area contributed by atoms with Crippen molar-refractivity contribution in [2.75, 3.05) is 13.2 Å². The fourth-order valence-corrected chi connectivity index (χ4v) is 1.56. The SMILES string of the molecule is CC(Cc1ccccc1)OCCCN=C(N)N.O=S(=O)(O)O. The zero-order valence-corrected chi connectivity index (χ0v) is 13.2. The summed E-state index contributed by atoms with van der Waals surface area (Å²) in [5, 5.41) is 0. The number of hydrogen-bond acceptors (Lipinski definition) is 4. The zero-order valence-electron chi connectivity index (χ0n) is 12.4. The summed E-state index contributed by atoms with van der Waals surface area (Å²) >= 11 is 0. The van der Waals surface area contributed by atoms with Crippen molar-refractivity contribution < 1.29 is 22.3 Å². The van der Waals surface area contributed by atoms with Crippen molar-refractivity contribution in [2.24, 2.45) is 16.5 Å². The maximum Gasteiger partial charge on any atom is 0.394 e. The van der Waals surface area contributed by atoms with E-state index in [9.17, 15) is 0 Å². The van der Waals surface area contributed by atoms with Gasteiger partial charge in [-0.3, -0.25) is 14.1 Å². The molecule has 0 saturated heterocycles. The van der Waals surface area contributed by atoms with E-state index in [2.05, 4.69) is 24.0 Å². The summed E-state index contributed by atoms with van der Waals surface area (Å²) < 4.78 is 37.3. The number of guanidine groups is 1. The third kappa shape index (κ3) is 16.4. The smallest absolute Gasteiger partial charge is 0.378 e. The van der Waals surface area contributed by atoms with Crippen LogP contribution in [0.2, 0.25) is 0 Å². The minimum absolute atomic E-state index is 0.141. The molecule has 0 fully saturated rings. The Morgan fingerprint density at radius 1 is 1.27 bits per heavy atom. The summed E-state index contributed by atoms with van der Waals surface area (Å²) in [5.41, 5.74) is 11.7. The van der Waals surface area contributed by atoms with E-state index >= 15 is 0 Å². The third-order valence-electron chi connectivity index (χ3n) is 2.37. The van der Waals surface area contributed by atoms with Gasteiger partial charge in [-0.2, -0.15) is 8.42 Å². The Bertz CT molecular complexity index is 522. The van der Waals surface area contributed by atoms with Gasteiger partial charge in [-0.1, -0.05) is 30.3 Å². The average Bonchev–Trinajstić information content (AvgIpc) is 2.37. The van der Waals surface area contributed by atoms with Crippen molar-refractivity contribution >= 4 is 16.4 Å². The van der Waals surface area contributed by atoms with Gasteiger partial charge in [-0.05, 0) is 25.3 Å². The van der Waals surface area contributed by atoms with E-state index in [1.807, 2.05) is 18.2 Å². The van der Waals surface area contributed by atoms with Crippen LogP contribution in [0.3, 0.4) is 0 Å². The topological polar surface area (TPSA) is 148 Å². The largest absolute Gasteiger partial charge is 0.394 e. The first-order valence-electron chi connectivity index (χ1n) is 6.59. The summed E-state index contributed by atoms with van der Waals surface area (Å²) in [4.78, 5) is 3.90. The Labute approximate surface area is 130 Å². The van der Waals surface area contributed by atoms with Crippen molar-refractivity contribution in [3.8, 4) is 0 Å². The Balaban J connectivity index is 0.000000763. The van der Waals surface area contributed by atoms with Crippen LogP contribution in [-0.2, 0) is 21.6 Å². The van der Waals surface area contributed by atoms with E-state index < -0.39 is 10.4 Å². The minimum atomic E-state index is -4.67. The summed E-state index contributed by atoms with van der Waals surface area (Å²) in [7, 11) is -4.67. The van der Waals surface area contributed by atoms with Crippen LogP contribution < -0.4 is 11.5 Å². The molecular formula is C13H23N3O5S. The van der Waals surface area contributed by atoms with E-state index in [1.54, 1.807) is 0 Å². The molecule has 6 N–H and O–H groups in total. The predicted molar refractivity (Wildman–Crippen MR) is 85.0 cm³/mol. The van der Waals surface area contributed by atoms with Gasteiger partial charge in [0.2, 0.25) is 0 Å². The van der Waals surface area contributed by atoms with Gasteiger partial charge < -0.3 is 16.2 Å². The molecule has 0 aromatic heterocycles. The number of rotatable bonds is 7. The Kier molecular flexibility index (Phi) is 10.1. The Hall–Kier alpha value is -1.68. The molecule has 1 aromatic rings. The lowest BCUT2D eigenvalue weighted by molar-refractivity contribution is 0.0659. The number of hydrogen-bond donors (Lipinski definition) is 4. The van der Waals surface area contributed by atoms with Crippen LogP contribution in [0.15, 0.2) is 35.3 Å². The fraction of sp³-hybridized carbons (Fsp3) is 0.462. The van der Waals surface area contributed by atoms with Gasteiger partial charge in [0, 0.05) is 13.2 Å². The molecule has 1 aromatic carbocycles. The molecule has 0 aliphatic rings. The summed E-state index contributed by atoms with van der Waals surface area (Å²) in [5.74, 6) is 0.141. The molecule has 8 nitrogen and oxygen atoms in total. The molecule has 0 bridgehead atoms. The Morgan fingerprint density at radius 2 is 1.82 bits per heavy atom. The second kappa shape index (κ2) is 11.0. The van der Waals surface area contributed by atoms with Crippen molar-refractivity contribution in [2.45, 2.75) is 25.9 Å². The van der Waals surface area contributed by atoms with Crippen molar-refractivity contribution in [3.05, 3.63) is 35.9 Å². The monoisotopic (exact) mass is 333 g/mol. The lowest BCUT2D eigenvalue weighted by atomic mass is 10.1. The number of nitrogens with two attached hydrogens (primary N) is 2. The molecule has 1 rings (SSSR count). The molecule has 0 saturated carbocycles. The van der Waals surface area contributed by atoms with Crippen molar-refractivity contribution in [3.63, 3.8) is 0 Å². The molecular weight excluding hydrogens is 310 g/mol. The van der Waals surface area contributed by atoms with Crippen LogP contribution in [-0.4, -0.2) is 42.7 Å². The van der Waals surface area contributed by atoms with Gasteiger partial charge in [0.15, 0.2) is 5.96 Å².